The summed E-state index contributed by atoms with van der Waals surface area (Å²) in [6.45, 7) is 1.97. The molecular weight excluding hydrogens is 394 g/mol. The summed E-state index contributed by atoms with van der Waals surface area (Å²) < 4.78 is 6.48. The van der Waals surface area contributed by atoms with Crippen molar-refractivity contribution in [3.05, 3.63) is 71.1 Å². The maximum Gasteiger partial charge on any atom is 0.258 e. The van der Waals surface area contributed by atoms with Crippen molar-refractivity contribution in [2.45, 2.75) is 19.4 Å². The number of hydrogen-bond donors (Lipinski definition) is 2. The van der Waals surface area contributed by atoms with Gasteiger partial charge in [0.2, 0.25) is 0 Å². The van der Waals surface area contributed by atoms with E-state index in [1.165, 1.54) is 0 Å². The predicted molar refractivity (Wildman–Crippen MR) is 105 cm³/mol. The van der Waals surface area contributed by atoms with Gasteiger partial charge in [0.15, 0.2) is 6.61 Å². The molecule has 0 saturated heterocycles. The highest BCUT2D eigenvalue weighted by Crippen LogP contribution is 2.20. The van der Waals surface area contributed by atoms with Gasteiger partial charge >= 0.3 is 0 Å². The number of amides is 1. The minimum absolute atomic E-state index is 0.0373. The maximum atomic E-state index is 12.2. The highest BCUT2D eigenvalue weighted by Gasteiger charge is 2.16. The molecular formula is C20H20BrN3O2. The molecule has 2 N–H and O–H groups in total. The number of nitrogens with zero attached hydrogens (tertiary/aromatic N) is 1. The van der Waals surface area contributed by atoms with Crippen LogP contribution in [0.3, 0.4) is 0 Å². The lowest BCUT2D eigenvalue weighted by molar-refractivity contribution is -0.123. The normalized spacial score (nSPS) is 11.8. The van der Waals surface area contributed by atoms with Crippen LogP contribution in [-0.4, -0.2) is 22.5 Å². The van der Waals surface area contributed by atoms with Crippen molar-refractivity contribution >= 4 is 21.8 Å². The van der Waals surface area contributed by atoms with Crippen LogP contribution in [0, 0.1) is 0 Å². The first-order chi connectivity index (χ1) is 12.7. The molecule has 3 aromatic rings. The number of carbonyl (C=O) groups is 1. The third kappa shape index (κ3) is 4.73. The summed E-state index contributed by atoms with van der Waals surface area (Å²) in [6.07, 6.45) is 2.52. The third-order valence-corrected chi connectivity index (χ3v) is 4.47. The fraction of sp³-hybridized carbons (Fsp3) is 0.200. The van der Waals surface area contributed by atoms with Crippen molar-refractivity contribution in [3.8, 4) is 17.0 Å². The van der Waals surface area contributed by atoms with E-state index in [2.05, 4.69) is 31.2 Å². The summed E-state index contributed by atoms with van der Waals surface area (Å²) in [5.74, 6) is 1.21. The van der Waals surface area contributed by atoms with Gasteiger partial charge in [-0.05, 0) is 36.2 Å². The molecule has 1 heterocycles. The molecule has 2 aromatic carbocycles. The number of nitrogens with one attached hydrogen (secondary N) is 2. The van der Waals surface area contributed by atoms with Gasteiger partial charge in [-0.3, -0.25) is 4.79 Å². The second-order valence-electron chi connectivity index (χ2n) is 5.82. The van der Waals surface area contributed by atoms with Crippen molar-refractivity contribution in [2.75, 3.05) is 6.61 Å². The van der Waals surface area contributed by atoms with Crippen molar-refractivity contribution in [1.29, 1.82) is 0 Å². The van der Waals surface area contributed by atoms with Crippen LogP contribution in [-0.2, 0) is 4.79 Å². The van der Waals surface area contributed by atoms with Crippen molar-refractivity contribution in [2.24, 2.45) is 0 Å². The van der Waals surface area contributed by atoms with Crippen LogP contribution in [0.4, 0.5) is 0 Å². The van der Waals surface area contributed by atoms with Crippen molar-refractivity contribution in [1.82, 2.24) is 15.3 Å². The summed E-state index contributed by atoms with van der Waals surface area (Å²) in [6, 6.07) is 17.1. The largest absolute Gasteiger partial charge is 0.484 e. The molecule has 0 spiro atoms. The zero-order valence-corrected chi connectivity index (χ0v) is 16.0. The number of aromatic nitrogens is 2. The highest BCUT2D eigenvalue weighted by atomic mass is 79.9. The number of carbonyl (C=O) groups excluding carboxylic acids is 1. The number of benzene rings is 2. The lowest BCUT2D eigenvalue weighted by Crippen LogP contribution is -2.32. The number of aromatic amines is 1. The van der Waals surface area contributed by atoms with Crippen LogP contribution in [0.15, 0.2) is 65.3 Å². The van der Waals surface area contributed by atoms with Crippen LogP contribution in [0.25, 0.3) is 11.3 Å². The second kappa shape index (κ2) is 8.67. The number of hydrogen-bond acceptors (Lipinski definition) is 3. The average Bonchev–Trinajstić information content (AvgIpc) is 3.16. The van der Waals surface area contributed by atoms with E-state index in [9.17, 15) is 4.79 Å². The highest BCUT2D eigenvalue weighted by molar-refractivity contribution is 9.10. The van der Waals surface area contributed by atoms with E-state index < -0.39 is 0 Å². The van der Waals surface area contributed by atoms with E-state index in [1.807, 2.05) is 61.5 Å². The van der Waals surface area contributed by atoms with Gasteiger partial charge in [-0.1, -0.05) is 53.2 Å². The van der Waals surface area contributed by atoms with Crippen LogP contribution in [0.1, 0.15) is 25.2 Å². The first-order valence-electron chi connectivity index (χ1n) is 8.43. The summed E-state index contributed by atoms with van der Waals surface area (Å²) in [4.78, 5) is 19.9. The quantitative estimate of drug-likeness (QED) is 0.599. The Morgan fingerprint density at radius 1 is 1.19 bits per heavy atom. The molecule has 0 aliphatic heterocycles. The van der Waals surface area contributed by atoms with Gasteiger partial charge in [0.25, 0.3) is 5.91 Å². The summed E-state index contributed by atoms with van der Waals surface area (Å²) >= 11 is 3.37. The molecule has 1 atom stereocenters. The molecule has 3 rings (SSSR count). The minimum Gasteiger partial charge on any atom is -0.484 e. The van der Waals surface area contributed by atoms with Crippen LogP contribution in [0.2, 0.25) is 0 Å². The number of rotatable bonds is 7. The zero-order chi connectivity index (χ0) is 18.4. The Morgan fingerprint density at radius 3 is 2.62 bits per heavy atom. The fourth-order valence-electron chi connectivity index (χ4n) is 2.56. The SMILES string of the molecule is CCC(NC(=O)COc1ccc(Br)cc1)c1ncc(-c2ccccc2)[nH]1. The van der Waals surface area contributed by atoms with Gasteiger partial charge in [-0.15, -0.1) is 0 Å². The fourth-order valence-corrected chi connectivity index (χ4v) is 2.82. The Hall–Kier alpha value is -2.60. The molecule has 1 unspecified atom stereocenters. The minimum atomic E-state index is -0.187. The number of halogens is 1. The molecule has 0 radical (unpaired) electrons. The molecule has 0 aliphatic rings. The zero-order valence-electron chi connectivity index (χ0n) is 14.4. The average molecular weight is 414 g/mol. The molecule has 1 amide bonds. The van der Waals surface area contributed by atoms with Gasteiger partial charge in [-0.2, -0.15) is 0 Å². The lowest BCUT2D eigenvalue weighted by atomic mass is 10.2. The smallest absolute Gasteiger partial charge is 0.258 e. The Bertz CT molecular complexity index is 847. The summed E-state index contributed by atoms with van der Waals surface area (Å²) in [7, 11) is 0. The van der Waals surface area contributed by atoms with Gasteiger partial charge in [0.05, 0.1) is 17.9 Å². The topological polar surface area (TPSA) is 67.0 Å². The molecule has 0 fully saturated rings. The first kappa shape index (κ1) is 18.2. The van der Waals surface area contributed by atoms with Crippen LogP contribution >= 0.6 is 15.9 Å². The van der Waals surface area contributed by atoms with Crippen molar-refractivity contribution < 1.29 is 9.53 Å². The Morgan fingerprint density at radius 2 is 1.92 bits per heavy atom. The van der Waals surface area contributed by atoms with Gasteiger partial charge in [-0.25, -0.2) is 4.98 Å². The molecule has 1 aromatic heterocycles. The standard InChI is InChI=1S/C20H20BrN3O2/c1-2-17(20-22-12-18(24-20)14-6-4-3-5-7-14)23-19(25)13-26-16-10-8-15(21)9-11-16/h3-12,17H,2,13H2,1H3,(H,22,24)(H,23,25). The third-order valence-electron chi connectivity index (χ3n) is 3.94. The molecule has 134 valence electrons. The Balaban J connectivity index is 1.59. The Kier molecular flexibility index (Phi) is 6.07. The van der Waals surface area contributed by atoms with E-state index >= 15 is 0 Å². The van der Waals surface area contributed by atoms with E-state index in [0.717, 1.165) is 28.0 Å². The lowest BCUT2D eigenvalue weighted by Gasteiger charge is -2.15. The van der Waals surface area contributed by atoms with E-state index in [0.29, 0.717) is 5.75 Å². The monoisotopic (exact) mass is 413 g/mol. The van der Waals surface area contributed by atoms with Gasteiger partial charge in [0, 0.05) is 4.47 Å². The number of ether oxygens (including phenoxy) is 1. The number of imidazole rings is 1. The van der Waals surface area contributed by atoms with E-state index in [1.54, 1.807) is 6.20 Å². The maximum absolute atomic E-state index is 12.2. The predicted octanol–water partition coefficient (Wildman–Crippen LogP) is 4.49. The summed E-state index contributed by atoms with van der Waals surface area (Å²) in [5, 5.41) is 2.96. The van der Waals surface area contributed by atoms with Crippen LogP contribution in [0.5, 0.6) is 5.75 Å². The molecule has 6 heteroatoms. The second-order valence-corrected chi connectivity index (χ2v) is 6.73. The van der Waals surface area contributed by atoms with Gasteiger partial charge in [0.1, 0.15) is 11.6 Å². The number of H-pyrrole nitrogens is 1. The molecule has 0 aliphatic carbocycles. The molecule has 5 nitrogen and oxygen atoms in total. The first-order valence-corrected chi connectivity index (χ1v) is 9.23. The van der Waals surface area contributed by atoms with E-state index in [4.69, 9.17) is 4.74 Å². The van der Waals surface area contributed by atoms with E-state index in [-0.39, 0.29) is 18.6 Å². The summed E-state index contributed by atoms with van der Waals surface area (Å²) in [5.41, 5.74) is 1.99. The van der Waals surface area contributed by atoms with Crippen LogP contribution < -0.4 is 10.1 Å². The van der Waals surface area contributed by atoms with Gasteiger partial charge < -0.3 is 15.0 Å². The molecule has 0 bridgehead atoms. The Labute approximate surface area is 160 Å². The van der Waals surface area contributed by atoms with Crippen molar-refractivity contribution in [3.63, 3.8) is 0 Å². The molecule has 0 saturated carbocycles. The molecule has 26 heavy (non-hydrogen) atoms.